The van der Waals surface area contributed by atoms with Gasteiger partial charge in [0.2, 0.25) is 0 Å². The number of hydrogen-bond donors (Lipinski definition) is 1. The third kappa shape index (κ3) is 3.52. The summed E-state index contributed by atoms with van der Waals surface area (Å²) < 4.78 is 18.7. The second-order valence-electron chi connectivity index (χ2n) is 4.96. The summed E-state index contributed by atoms with van der Waals surface area (Å²) >= 11 is 0. The highest BCUT2D eigenvalue weighted by atomic mass is 19.1. The summed E-state index contributed by atoms with van der Waals surface area (Å²) in [5.41, 5.74) is 0.531. The van der Waals surface area contributed by atoms with Gasteiger partial charge in [-0.1, -0.05) is 6.07 Å². The zero-order chi connectivity index (χ0) is 13.8. The van der Waals surface area contributed by atoms with Crippen molar-refractivity contribution in [1.29, 1.82) is 0 Å². The first-order chi connectivity index (χ1) is 9.10. The Bertz CT molecular complexity index is 464. The molecule has 1 unspecified atom stereocenters. The summed E-state index contributed by atoms with van der Waals surface area (Å²) in [5, 5.41) is 8.77. The molecule has 0 aromatic heterocycles. The Balaban J connectivity index is 1.97. The zero-order valence-corrected chi connectivity index (χ0v) is 10.9. The van der Waals surface area contributed by atoms with Gasteiger partial charge in [0.15, 0.2) is 0 Å². The molecule has 1 fully saturated rings. The van der Waals surface area contributed by atoms with E-state index in [2.05, 4.69) is 4.90 Å². The number of hydrogen-bond acceptors (Lipinski definition) is 3. The van der Waals surface area contributed by atoms with E-state index >= 15 is 0 Å². The number of methoxy groups -OCH3 is 1. The van der Waals surface area contributed by atoms with E-state index in [9.17, 15) is 9.18 Å². The fraction of sp³-hybridized carbons (Fsp3) is 0.500. The maximum Gasteiger partial charge on any atom is 0.338 e. The van der Waals surface area contributed by atoms with Gasteiger partial charge in [-0.25, -0.2) is 9.18 Å². The highest BCUT2D eigenvalue weighted by Gasteiger charge is 2.22. The van der Waals surface area contributed by atoms with E-state index in [4.69, 9.17) is 9.84 Å². The zero-order valence-electron chi connectivity index (χ0n) is 10.9. The number of halogens is 1. The van der Waals surface area contributed by atoms with Crippen molar-refractivity contribution in [3.63, 3.8) is 0 Å². The normalized spacial score (nSPS) is 19.8. The smallest absolute Gasteiger partial charge is 0.338 e. The Kier molecular flexibility index (Phi) is 4.50. The van der Waals surface area contributed by atoms with Crippen molar-refractivity contribution >= 4 is 5.97 Å². The van der Waals surface area contributed by atoms with Crippen LogP contribution in [0.2, 0.25) is 0 Å². The molecule has 1 aromatic carbocycles. The lowest BCUT2D eigenvalue weighted by molar-refractivity contribution is 0.0692. The maximum absolute atomic E-state index is 13.6. The molecule has 1 aliphatic rings. The van der Waals surface area contributed by atoms with Gasteiger partial charge in [-0.2, -0.15) is 0 Å². The molecule has 2 rings (SSSR count). The molecule has 5 heteroatoms. The fourth-order valence-corrected chi connectivity index (χ4v) is 2.52. The van der Waals surface area contributed by atoms with Gasteiger partial charge in [0, 0.05) is 20.2 Å². The predicted octanol–water partition coefficient (Wildman–Crippen LogP) is 1.99. The van der Waals surface area contributed by atoms with E-state index in [1.165, 1.54) is 12.1 Å². The first-order valence-corrected chi connectivity index (χ1v) is 6.33. The van der Waals surface area contributed by atoms with Crippen molar-refractivity contribution in [2.75, 3.05) is 26.8 Å². The third-order valence-corrected chi connectivity index (χ3v) is 3.44. The Morgan fingerprint density at radius 3 is 3.00 bits per heavy atom. The van der Waals surface area contributed by atoms with Gasteiger partial charge in [0.1, 0.15) is 5.82 Å². The Labute approximate surface area is 111 Å². The monoisotopic (exact) mass is 267 g/mol. The number of likely N-dealkylation sites (tertiary alicyclic amines) is 1. The van der Waals surface area contributed by atoms with Crippen molar-refractivity contribution in [2.24, 2.45) is 5.92 Å². The molecule has 1 heterocycles. The lowest BCUT2D eigenvalue weighted by atomic mass is 10.1. The number of benzene rings is 1. The quantitative estimate of drug-likeness (QED) is 0.886. The van der Waals surface area contributed by atoms with Crippen LogP contribution in [-0.2, 0) is 11.3 Å². The van der Waals surface area contributed by atoms with Gasteiger partial charge in [0.05, 0.1) is 12.2 Å². The average Bonchev–Trinajstić information content (AvgIpc) is 2.76. The van der Waals surface area contributed by atoms with Crippen LogP contribution in [0.1, 0.15) is 22.3 Å². The number of aromatic carboxylic acids is 1. The van der Waals surface area contributed by atoms with Crippen molar-refractivity contribution in [2.45, 2.75) is 13.0 Å². The number of nitrogens with zero attached hydrogens (tertiary/aromatic N) is 1. The largest absolute Gasteiger partial charge is 0.478 e. The van der Waals surface area contributed by atoms with Crippen LogP contribution in [0.4, 0.5) is 4.39 Å². The predicted molar refractivity (Wildman–Crippen MR) is 68.6 cm³/mol. The minimum atomic E-state index is -1.23. The van der Waals surface area contributed by atoms with Crippen LogP contribution in [0, 0.1) is 11.7 Å². The van der Waals surface area contributed by atoms with Crippen molar-refractivity contribution in [1.82, 2.24) is 4.90 Å². The highest BCUT2D eigenvalue weighted by molar-refractivity contribution is 5.87. The molecular weight excluding hydrogens is 249 g/mol. The van der Waals surface area contributed by atoms with Crippen LogP contribution >= 0.6 is 0 Å². The molecule has 0 radical (unpaired) electrons. The molecule has 104 valence electrons. The van der Waals surface area contributed by atoms with Gasteiger partial charge in [-0.05, 0) is 36.6 Å². The SMILES string of the molecule is COCC1CCN(Cc2ccc(C(=O)O)c(F)c2)C1. The Morgan fingerprint density at radius 1 is 1.58 bits per heavy atom. The summed E-state index contributed by atoms with van der Waals surface area (Å²) in [6.07, 6.45) is 1.09. The van der Waals surface area contributed by atoms with Gasteiger partial charge in [0.25, 0.3) is 0 Å². The molecule has 1 aliphatic heterocycles. The second kappa shape index (κ2) is 6.12. The molecule has 4 nitrogen and oxygen atoms in total. The summed E-state index contributed by atoms with van der Waals surface area (Å²) in [5.74, 6) is -1.36. The minimum Gasteiger partial charge on any atom is -0.478 e. The Hall–Kier alpha value is -1.46. The molecule has 1 atom stereocenters. The van der Waals surface area contributed by atoms with Gasteiger partial charge < -0.3 is 9.84 Å². The standard InChI is InChI=1S/C14H18FNO3/c1-19-9-11-4-5-16(8-11)7-10-2-3-12(14(17)18)13(15)6-10/h2-3,6,11H,4-5,7-9H2,1H3,(H,17,18). The lowest BCUT2D eigenvalue weighted by Gasteiger charge is -2.16. The van der Waals surface area contributed by atoms with Crippen LogP contribution in [0.15, 0.2) is 18.2 Å². The summed E-state index contributed by atoms with van der Waals surface area (Å²) in [7, 11) is 1.70. The summed E-state index contributed by atoms with van der Waals surface area (Å²) in [6.45, 7) is 3.31. The fourth-order valence-electron chi connectivity index (χ4n) is 2.52. The molecule has 19 heavy (non-hydrogen) atoms. The lowest BCUT2D eigenvalue weighted by Crippen LogP contribution is -2.21. The van der Waals surface area contributed by atoms with Crippen LogP contribution in [0.25, 0.3) is 0 Å². The van der Waals surface area contributed by atoms with Crippen LogP contribution < -0.4 is 0 Å². The van der Waals surface area contributed by atoms with E-state index in [1.807, 2.05) is 0 Å². The topological polar surface area (TPSA) is 49.8 Å². The van der Waals surface area contributed by atoms with Gasteiger partial charge >= 0.3 is 5.97 Å². The minimum absolute atomic E-state index is 0.276. The average molecular weight is 267 g/mol. The molecule has 0 bridgehead atoms. The number of carbonyl (C=O) groups is 1. The first-order valence-electron chi connectivity index (χ1n) is 6.33. The molecule has 1 aromatic rings. The van der Waals surface area contributed by atoms with E-state index in [1.54, 1.807) is 13.2 Å². The van der Waals surface area contributed by atoms with E-state index < -0.39 is 11.8 Å². The Morgan fingerprint density at radius 2 is 2.37 bits per heavy atom. The van der Waals surface area contributed by atoms with E-state index in [0.29, 0.717) is 12.5 Å². The number of carboxylic acid groups (broad SMARTS) is 1. The molecule has 0 saturated carbocycles. The number of carboxylic acids is 1. The molecular formula is C14H18FNO3. The van der Waals surface area contributed by atoms with Gasteiger partial charge in [-0.3, -0.25) is 4.90 Å². The molecule has 1 N–H and O–H groups in total. The summed E-state index contributed by atoms with van der Waals surface area (Å²) in [4.78, 5) is 13.0. The third-order valence-electron chi connectivity index (χ3n) is 3.44. The van der Waals surface area contributed by atoms with E-state index in [-0.39, 0.29) is 5.56 Å². The van der Waals surface area contributed by atoms with E-state index in [0.717, 1.165) is 31.7 Å². The second-order valence-corrected chi connectivity index (χ2v) is 4.96. The van der Waals surface area contributed by atoms with Crippen LogP contribution in [0.3, 0.4) is 0 Å². The number of ether oxygens (including phenoxy) is 1. The number of rotatable bonds is 5. The van der Waals surface area contributed by atoms with Crippen molar-refractivity contribution in [3.8, 4) is 0 Å². The maximum atomic E-state index is 13.6. The van der Waals surface area contributed by atoms with Crippen LogP contribution in [-0.4, -0.2) is 42.8 Å². The van der Waals surface area contributed by atoms with Crippen molar-refractivity contribution in [3.05, 3.63) is 35.1 Å². The highest BCUT2D eigenvalue weighted by Crippen LogP contribution is 2.20. The molecule has 0 amide bonds. The van der Waals surface area contributed by atoms with Crippen LogP contribution in [0.5, 0.6) is 0 Å². The van der Waals surface area contributed by atoms with Gasteiger partial charge in [-0.15, -0.1) is 0 Å². The molecule has 0 aliphatic carbocycles. The first kappa shape index (κ1) is 14.0. The van der Waals surface area contributed by atoms with Crippen molar-refractivity contribution < 1.29 is 19.0 Å². The molecule has 1 saturated heterocycles. The summed E-state index contributed by atoms with van der Waals surface area (Å²) in [6, 6.07) is 4.32. The molecule has 0 spiro atoms.